The van der Waals surface area contributed by atoms with E-state index in [1.807, 2.05) is 6.07 Å². The number of hydrogen-bond donors (Lipinski definition) is 1. The van der Waals surface area contributed by atoms with E-state index in [-0.39, 0.29) is 42.4 Å². The largest absolute Gasteiger partial charge is 0.586 e. The van der Waals surface area contributed by atoms with E-state index in [2.05, 4.69) is 33.5 Å². The van der Waals surface area contributed by atoms with Crippen molar-refractivity contribution in [2.24, 2.45) is 5.92 Å². The van der Waals surface area contributed by atoms with Gasteiger partial charge in [0.25, 0.3) is 0 Å². The summed E-state index contributed by atoms with van der Waals surface area (Å²) in [6, 6.07) is 5.37. The number of halogens is 4. The summed E-state index contributed by atoms with van der Waals surface area (Å²) in [6.45, 7) is 8.18. The summed E-state index contributed by atoms with van der Waals surface area (Å²) in [4.78, 5) is 2.42. The van der Waals surface area contributed by atoms with Crippen LogP contribution in [0.25, 0.3) is 0 Å². The van der Waals surface area contributed by atoms with E-state index < -0.39 is 6.29 Å². The first-order valence-electron chi connectivity index (χ1n) is 7.84. The maximum absolute atomic E-state index is 13.2. The molecule has 0 bridgehead atoms. The smallest absolute Gasteiger partial charge is 0.395 e. The van der Waals surface area contributed by atoms with Crippen LogP contribution in [0, 0.1) is 5.92 Å². The topological polar surface area (TPSA) is 33.7 Å². The zero-order valence-corrected chi connectivity index (χ0v) is 15.4. The Morgan fingerprint density at radius 3 is 2.42 bits per heavy atom. The van der Waals surface area contributed by atoms with Gasteiger partial charge in [-0.25, -0.2) is 0 Å². The Morgan fingerprint density at radius 1 is 1.17 bits per heavy atom. The SMILES string of the molecule is CCC(C)[C@H](c1ccc2c(c1)OC(F)(F)O2)N1CCNCC1.Cl.Cl. The van der Waals surface area contributed by atoms with Crippen molar-refractivity contribution in [3.63, 3.8) is 0 Å². The molecule has 1 unspecified atom stereocenters. The highest BCUT2D eigenvalue weighted by atomic mass is 35.5. The van der Waals surface area contributed by atoms with Gasteiger partial charge in [-0.15, -0.1) is 33.6 Å². The Kier molecular flexibility index (Phi) is 7.53. The van der Waals surface area contributed by atoms with Crippen LogP contribution >= 0.6 is 24.8 Å². The monoisotopic (exact) mass is 384 g/mol. The molecule has 0 aliphatic carbocycles. The van der Waals surface area contributed by atoms with Crippen molar-refractivity contribution < 1.29 is 18.3 Å². The third-order valence-corrected chi connectivity index (χ3v) is 4.49. The highest BCUT2D eigenvalue weighted by Gasteiger charge is 2.43. The molecule has 3 rings (SSSR count). The fraction of sp³-hybridized carbons (Fsp3) is 0.625. The molecule has 4 nitrogen and oxygen atoms in total. The first-order valence-corrected chi connectivity index (χ1v) is 7.84. The molecule has 0 saturated carbocycles. The van der Waals surface area contributed by atoms with Gasteiger partial charge in [0.15, 0.2) is 11.5 Å². The molecule has 138 valence electrons. The second kappa shape index (κ2) is 8.52. The van der Waals surface area contributed by atoms with Crippen LogP contribution in [-0.4, -0.2) is 37.4 Å². The summed E-state index contributed by atoms with van der Waals surface area (Å²) < 4.78 is 35.5. The normalized spacial score (nSPS) is 21.3. The Morgan fingerprint density at radius 2 is 1.79 bits per heavy atom. The van der Waals surface area contributed by atoms with Crippen molar-refractivity contribution in [3.8, 4) is 11.5 Å². The maximum atomic E-state index is 13.2. The Bertz CT molecular complexity index is 543. The number of piperazine rings is 1. The average Bonchev–Trinajstić information content (AvgIpc) is 2.81. The van der Waals surface area contributed by atoms with Gasteiger partial charge >= 0.3 is 6.29 Å². The van der Waals surface area contributed by atoms with E-state index in [0.717, 1.165) is 38.2 Å². The highest BCUT2D eigenvalue weighted by molar-refractivity contribution is 5.85. The standard InChI is InChI=1S/C16H22F2N2O2.2ClH/c1-3-11(2)15(20-8-6-19-7-9-20)12-4-5-13-14(10-12)22-16(17,18)21-13;;/h4-5,10-11,15,19H,3,6-9H2,1-2H3;2*1H/t11?,15-;;/m1../s1. The van der Waals surface area contributed by atoms with Crippen molar-refractivity contribution in [1.29, 1.82) is 0 Å². The predicted octanol–water partition coefficient (Wildman–Crippen LogP) is 3.84. The molecule has 1 aromatic rings. The van der Waals surface area contributed by atoms with Crippen LogP contribution in [0.5, 0.6) is 11.5 Å². The Labute approximate surface area is 153 Å². The van der Waals surface area contributed by atoms with Crippen molar-refractivity contribution in [1.82, 2.24) is 10.2 Å². The van der Waals surface area contributed by atoms with Crippen LogP contribution in [0.2, 0.25) is 0 Å². The number of alkyl halides is 2. The van der Waals surface area contributed by atoms with E-state index in [4.69, 9.17) is 0 Å². The number of rotatable bonds is 4. The average molecular weight is 385 g/mol. The molecule has 24 heavy (non-hydrogen) atoms. The number of fused-ring (bicyclic) bond motifs is 1. The fourth-order valence-corrected chi connectivity index (χ4v) is 3.23. The molecular formula is C16H24Cl2F2N2O2. The minimum Gasteiger partial charge on any atom is -0.395 e. The van der Waals surface area contributed by atoms with Crippen LogP contribution in [0.1, 0.15) is 31.9 Å². The van der Waals surface area contributed by atoms with Gasteiger partial charge < -0.3 is 14.8 Å². The van der Waals surface area contributed by atoms with Gasteiger partial charge in [0.05, 0.1) is 0 Å². The molecule has 2 heterocycles. The summed E-state index contributed by atoms with van der Waals surface area (Å²) in [5.74, 6) is 0.668. The lowest BCUT2D eigenvalue weighted by molar-refractivity contribution is -0.286. The molecule has 0 amide bonds. The predicted molar refractivity (Wildman–Crippen MR) is 93.8 cm³/mol. The van der Waals surface area contributed by atoms with Crippen LogP contribution in [0.3, 0.4) is 0 Å². The van der Waals surface area contributed by atoms with E-state index in [1.54, 1.807) is 12.1 Å². The molecule has 0 radical (unpaired) electrons. The van der Waals surface area contributed by atoms with Gasteiger partial charge in [-0.1, -0.05) is 26.3 Å². The first-order chi connectivity index (χ1) is 10.5. The van der Waals surface area contributed by atoms with Gasteiger partial charge in [-0.3, -0.25) is 4.90 Å². The fourth-order valence-electron chi connectivity index (χ4n) is 3.23. The molecular weight excluding hydrogens is 361 g/mol. The van der Waals surface area contributed by atoms with E-state index >= 15 is 0 Å². The van der Waals surface area contributed by atoms with Crippen LogP contribution in [0.4, 0.5) is 8.78 Å². The first kappa shape index (κ1) is 21.2. The van der Waals surface area contributed by atoms with Crippen molar-refractivity contribution >= 4 is 24.8 Å². The molecule has 1 aromatic carbocycles. The lowest BCUT2D eigenvalue weighted by Crippen LogP contribution is -2.46. The van der Waals surface area contributed by atoms with E-state index in [1.165, 1.54) is 0 Å². The number of nitrogens with zero attached hydrogens (tertiary/aromatic N) is 1. The molecule has 1 fully saturated rings. The molecule has 2 aliphatic heterocycles. The summed E-state index contributed by atoms with van der Waals surface area (Å²) >= 11 is 0. The molecule has 0 aromatic heterocycles. The van der Waals surface area contributed by atoms with Crippen molar-refractivity contribution in [2.45, 2.75) is 32.6 Å². The van der Waals surface area contributed by atoms with Gasteiger partial charge in [-0.2, -0.15) is 0 Å². The number of hydrogen-bond acceptors (Lipinski definition) is 4. The van der Waals surface area contributed by atoms with Crippen LogP contribution in [0.15, 0.2) is 18.2 Å². The third-order valence-electron chi connectivity index (χ3n) is 4.49. The van der Waals surface area contributed by atoms with Crippen LogP contribution in [-0.2, 0) is 0 Å². The van der Waals surface area contributed by atoms with Gasteiger partial charge in [0, 0.05) is 32.2 Å². The molecule has 1 N–H and O–H groups in total. The summed E-state index contributed by atoms with van der Waals surface area (Å²) in [7, 11) is 0. The molecule has 8 heteroatoms. The van der Waals surface area contributed by atoms with Crippen molar-refractivity contribution in [2.75, 3.05) is 26.2 Å². The number of ether oxygens (including phenoxy) is 2. The second-order valence-corrected chi connectivity index (χ2v) is 5.99. The zero-order valence-electron chi connectivity index (χ0n) is 13.8. The summed E-state index contributed by atoms with van der Waals surface area (Å²) in [6.07, 6.45) is -2.53. The number of benzene rings is 1. The molecule has 1 saturated heterocycles. The zero-order chi connectivity index (χ0) is 15.7. The van der Waals surface area contributed by atoms with Gasteiger partial charge in [0.2, 0.25) is 0 Å². The molecule has 2 aliphatic rings. The molecule has 2 atom stereocenters. The second-order valence-electron chi connectivity index (χ2n) is 5.99. The van der Waals surface area contributed by atoms with Gasteiger partial charge in [-0.05, 0) is 23.6 Å². The quantitative estimate of drug-likeness (QED) is 0.854. The summed E-state index contributed by atoms with van der Waals surface area (Å²) in [5.41, 5.74) is 1.01. The Balaban J connectivity index is 0.00000144. The maximum Gasteiger partial charge on any atom is 0.586 e. The van der Waals surface area contributed by atoms with Gasteiger partial charge in [0.1, 0.15) is 0 Å². The van der Waals surface area contributed by atoms with E-state index in [9.17, 15) is 8.78 Å². The third kappa shape index (κ3) is 4.42. The Hall–Kier alpha value is -0.820. The van der Waals surface area contributed by atoms with E-state index in [0.29, 0.717) is 5.92 Å². The van der Waals surface area contributed by atoms with Crippen molar-refractivity contribution in [3.05, 3.63) is 23.8 Å². The van der Waals surface area contributed by atoms with Crippen LogP contribution < -0.4 is 14.8 Å². The minimum absolute atomic E-state index is 0. The lowest BCUT2D eigenvalue weighted by Gasteiger charge is -2.38. The minimum atomic E-state index is -3.55. The summed E-state index contributed by atoms with van der Waals surface area (Å²) in [5, 5.41) is 3.34. The number of nitrogens with one attached hydrogen (secondary N) is 1. The highest BCUT2D eigenvalue weighted by Crippen LogP contribution is 2.43. The lowest BCUT2D eigenvalue weighted by atomic mass is 9.90. The molecule has 0 spiro atoms.